The smallest absolute Gasteiger partial charge is 0.143 e. The van der Waals surface area contributed by atoms with Gasteiger partial charge in [-0.25, -0.2) is 4.98 Å². The minimum atomic E-state index is 0.139. The molecule has 0 saturated carbocycles. The summed E-state index contributed by atoms with van der Waals surface area (Å²) >= 11 is 6.25. The zero-order valence-electron chi connectivity index (χ0n) is 16.6. The van der Waals surface area contributed by atoms with E-state index in [1.807, 2.05) is 24.1 Å². The van der Waals surface area contributed by atoms with E-state index in [9.17, 15) is 0 Å². The highest BCUT2D eigenvalue weighted by Crippen LogP contribution is 2.39. The molecule has 2 aromatic heterocycles. The van der Waals surface area contributed by atoms with Crippen molar-refractivity contribution in [1.29, 1.82) is 0 Å². The average Bonchev–Trinajstić information content (AvgIpc) is 3.07. The first-order valence-corrected chi connectivity index (χ1v) is 10.0. The number of ether oxygens (including phenoxy) is 1. The van der Waals surface area contributed by atoms with Gasteiger partial charge in [-0.2, -0.15) is 0 Å². The minimum Gasteiger partial charge on any atom is -0.490 e. The molecule has 0 aliphatic heterocycles. The number of hydrogen-bond donors (Lipinski definition) is 2. The number of aromatic amines is 1. The lowest BCUT2D eigenvalue weighted by Gasteiger charge is -2.16. The highest BCUT2D eigenvalue weighted by Gasteiger charge is 2.16. The monoisotopic (exact) mass is 409 g/mol. The molecule has 2 aromatic carbocycles. The summed E-state index contributed by atoms with van der Waals surface area (Å²) in [6.45, 7) is 4.11. The van der Waals surface area contributed by atoms with Gasteiger partial charge in [0.1, 0.15) is 18.0 Å². The van der Waals surface area contributed by atoms with E-state index in [1.54, 1.807) is 6.20 Å². The van der Waals surface area contributed by atoms with Gasteiger partial charge in [0.2, 0.25) is 0 Å². The second-order valence-electron chi connectivity index (χ2n) is 7.28. The first-order valence-electron chi connectivity index (χ1n) is 9.66. The third-order valence-corrected chi connectivity index (χ3v) is 5.28. The molecule has 0 fully saturated rings. The Bertz CT molecular complexity index is 1160. The molecule has 4 rings (SSSR count). The van der Waals surface area contributed by atoms with Gasteiger partial charge in [0.05, 0.1) is 17.1 Å². The fourth-order valence-corrected chi connectivity index (χ4v) is 3.76. The number of rotatable bonds is 7. The van der Waals surface area contributed by atoms with Crippen molar-refractivity contribution in [1.82, 2.24) is 14.9 Å². The molecule has 29 heavy (non-hydrogen) atoms. The van der Waals surface area contributed by atoms with Gasteiger partial charge in [0.25, 0.3) is 0 Å². The minimum absolute atomic E-state index is 0.139. The Morgan fingerprint density at radius 2 is 2.03 bits per heavy atom. The molecule has 150 valence electrons. The van der Waals surface area contributed by atoms with Crippen LogP contribution in [-0.2, 0) is 0 Å². The summed E-state index contributed by atoms with van der Waals surface area (Å²) in [6, 6.07) is 14.5. The number of pyridine rings is 1. The van der Waals surface area contributed by atoms with Crippen LogP contribution in [0.25, 0.3) is 33.1 Å². The molecule has 0 spiro atoms. The predicted octanol–water partition coefficient (Wildman–Crippen LogP) is 4.65. The molecule has 0 unspecified atom stereocenters. The molecule has 0 atom stereocenters. The number of H-pyrrole nitrogens is 1. The second-order valence-corrected chi connectivity index (χ2v) is 7.72. The molecule has 0 amide bonds. The molecule has 0 bridgehead atoms. The van der Waals surface area contributed by atoms with Crippen molar-refractivity contribution >= 4 is 33.5 Å². The molecule has 6 heteroatoms. The maximum atomic E-state index is 9.05. The number of nitrogens with one attached hydrogen (secondary N) is 1. The molecule has 0 aliphatic rings. The number of aliphatic hydroxyl groups excluding tert-OH is 1. The van der Waals surface area contributed by atoms with Crippen molar-refractivity contribution in [3.8, 4) is 16.9 Å². The molecule has 4 aromatic rings. The van der Waals surface area contributed by atoms with Crippen molar-refractivity contribution in [2.24, 2.45) is 0 Å². The number of nitrogens with zero attached hydrogens (tertiary/aromatic N) is 2. The lowest BCUT2D eigenvalue weighted by Crippen LogP contribution is -2.27. The molecule has 0 saturated heterocycles. The number of fused-ring (bicyclic) bond motifs is 3. The van der Waals surface area contributed by atoms with Crippen molar-refractivity contribution in [2.75, 3.05) is 33.4 Å². The van der Waals surface area contributed by atoms with Crippen LogP contribution in [0.15, 0.2) is 48.7 Å². The van der Waals surface area contributed by atoms with Crippen molar-refractivity contribution < 1.29 is 9.84 Å². The normalized spacial score (nSPS) is 11.6. The first kappa shape index (κ1) is 19.7. The van der Waals surface area contributed by atoms with Crippen LogP contribution in [0.5, 0.6) is 5.75 Å². The fourth-order valence-electron chi connectivity index (χ4n) is 3.60. The quantitative estimate of drug-likeness (QED) is 0.466. The van der Waals surface area contributed by atoms with Gasteiger partial charge < -0.3 is 19.7 Å². The Labute approximate surface area is 174 Å². The highest BCUT2D eigenvalue weighted by atomic mass is 35.5. The van der Waals surface area contributed by atoms with Crippen molar-refractivity contribution in [3.05, 3.63) is 59.2 Å². The Kier molecular flexibility index (Phi) is 5.72. The van der Waals surface area contributed by atoms with E-state index in [4.69, 9.17) is 21.4 Å². The number of aliphatic hydroxyl groups is 1. The van der Waals surface area contributed by atoms with Crippen LogP contribution in [0.1, 0.15) is 5.56 Å². The van der Waals surface area contributed by atoms with E-state index in [2.05, 4.69) is 47.2 Å². The van der Waals surface area contributed by atoms with E-state index >= 15 is 0 Å². The number of aryl methyl sites for hydroxylation is 1. The Hall–Kier alpha value is -2.60. The zero-order chi connectivity index (χ0) is 20.4. The van der Waals surface area contributed by atoms with E-state index in [0.717, 1.165) is 45.4 Å². The lowest BCUT2D eigenvalue weighted by molar-refractivity contribution is 0.193. The van der Waals surface area contributed by atoms with Gasteiger partial charge in [-0.1, -0.05) is 41.4 Å². The van der Waals surface area contributed by atoms with Crippen LogP contribution < -0.4 is 4.74 Å². The van der Waals surface area contributed by atoms with Gasteiger partial charge in [0, 0.05) is 30.1 Å². The third kappa shape index (κ3) is 4.08. The summed E-state index contributed by atoms with van der Waals surface area (Å²) in [7, 11) is 1.96. The molecular formula is C23H24ClN3O2. The fraction of sp³-hybridized carbons (Fsp3) is 0.261. The number of benzene rings is 2. The number of halogens is 1. The molecule has 2 N–H and O–H groups in total. The van der Waals surface area contributed by atoms with E-state index in [-0.39, 0.29) is 6.61 Å². The van der Waals surface area contributed by atoms with Gasteiger partial charge >= 0.3 is 0 Å². The van der Waals surface area contributed by atoms with Crippen molar-refractivity contribution in [3.63, 3.8) is 0 Å². The molecule has 0 radical (unpaired) electrons. The SMILES string of the molecule is Cc1cccc(-c2ccc(OCCN(C)CCO)c3[nH]c4ncc(Cl)cc4c23)c1. The van der Waals surface area contributed by atoms with Crippen LogP contribution in [0.3, 0.4) is 0 Å². The maximum absolute atomic E-state index is 9.05. The summed E-state index contributed by atoms with van der Waals surface area (Å²) in [5, 5.41) is 11.7. The molecule has 5 nitrogen and oxygen atoms in total. The summed E-state index contributed by atoms with van der Waals surface area (Å²) in [5.41, 5.74) is 5.16. The van der Waals surface area contributed by atoms with Gasteiger partial charge in [-0.05, 0) is 43.3 Å². The molecule has 0 aliphatic carbocycles. The molecular weight excluding hydrogens is 386 g/mol. The van der Waals surface area contributed by atoms with E-state index in [0.29, 0.717) is 18.2 Å². The third-order valence-electron chi connectivity index (χ3n) is 5.08. The Morgan fingerprint density at radius 1 is 1.17 bits per heavy atom. The standard InChI is InChI=1S/C23H24ClN3O2/c1-15-4-3-5-16(12-15)18-6-7-20(29-11-9-27(2)8-10-28)22-21(18)19-13-17(24)14-25-23(19)26-22/h3-7,12-14,28H,8-11H2,1-2H3,(H,25,26). The topological polar surface area (TPSA) is 61.4 Å². The van der Waals surface area contributed by atoms with E-state index < -0.39 is 0 Å². The van der Waals surface area contributed by atoms with Crippen LogP contribution in [0.4, 0.5) is 0 Å². The Balaban J connectivity index is 1.81. The number of likely N-dealkylation sites (N-methyl/N-ethyl adjacent to an activating group) is 1. The highest BCUT2D eigenvalue weighted by molar-refractivity contribution is 6.31. The van der Waals surface area contributed by atoms with Gasteiger partial charge in [0.15, 0.2) is 0 Å². The summed E-state index contributed by atoms with van der Waals surface area (Å²) in [5.74, 6) is 0.780. The predicted molar refractivity (Wildman–Crippen MR) is 119 cm³/mol. The van der Waals surface area contributed by atoms with Crippen LogP contribution >= 0.6 is 11.6 Å². The second kappa shape index (κ2) is 8.41. The molecule has 2 heterocycles. The van der Waals surface area contributed by atoms with Crippen LogP contribution in [0.2, 0.25) is 5.02 Å². The van der Waals surface area contributed by atoms with Gasteiger partial charge in [-0.3, -0.25) is 0 Å². The van der Waals surface area contributed by atoms with Crippen molar-refractivity contribution in [2.45, 2.75) is 6.92 Å². The largest absolute Gasteiger partial charge is 0.490 e. The average molecular weight is 410 g/mol. The maximum Gasteiger partial charge on any atom is 0.143 e. The van der Waals surface area contributed by atoms with Gasteiger partial charge in [-0.15, -0.1) is 0 Å². The summed E-state index contributed by atoms with van der Waals surface area (Å²) in [6.07, 6.45) is 1.65. The lowest BCUT2D eigenvalue weighted by atomic mass is 9.98. The zero-order valence-corrected chi connectivity index (χ0v) is 17.3. The summed E-state index contributed by atoms with van der Waals surface area (Å²) in [4.78, 5) is 9.91. The van der Waals surface area contributed by atoms with Crippen LogP contribution in [-0.4, -0.2) is 53.3 Å². The number of aromatic nitrogens is 2. The number of hydrogen-bond acceptors (Lipinski definition) is 4. The van der Waals surface area contributed by atoms with E-state index in [1.165, 1.54) is 5.56 Å². The first-order chi connectivity index (χ1) is 14.1. The Morgan fingerprint density at radius 3 is 2.83 bits per heavy atom. The summed E-state index contributed by atoms with van der Waals surface area (Å²) < 4.78 is 6.10. The van der Waals surface area contributed by atoms with Crippen LogP contribution in [0, 0.1) is 6.92 Å².